The van der Waals surface area contributed by atoms with Gasteiger partial charge in [-0.15, -0.1) is 0 Å². The number of carbonyl (C=O) groups is 3. The number of nitrogens with one attached hydrogen (secondary N) is 1. The van der Waals surface area contributed by atoms with Crippen molar-refractivity contribution in [3.63, 3.8) is 0 Å². The van der Waals surface area contributed by atoms with Crippen LogP contribution in [-0.2, 0) is 9.59 Å². The van der Waals surface area contributed by atoms with E-state index >= 15 is 0 Å². The molecule has 1 aliphatic carbocycles. The van der Waals surface area contributed by atoms with E-state index in [1.807, 2.05) is 0 Å². The number of carbonyl (C=O) groups excluding carboxylic acids is 3. The van der Waals surface area contributed by atoms with Crippen LogP contribution in [0.3, 0.4) is 0 Å². The lowest BCUT2D eigenvalue weighted by Crippen LogP contribution is -2.34. The van der Waals surface area contributed by atoms with E-state index in [0.717, 1.165) is 0 Å². The molecule has 1 aliphatic heterocycles. The normalized spacial score (nSPS) is 24.8. The van der Waals surface area contributed by atoms with Crippen molar-refractivity contribution in [1.82, 2.24) is 0 Å². The Kier molecular flexibility index (Phi) is 6.57. The minimum atomic E-state index is -0.336. The second-order valence-corrected chi connectivity index (χ2v) is 10.1. The zero-order chi connectivity index (χ0) is 23.0. The Morgan fingerprint density at radius 3 is 2.06 bits per heavy atom. The van der Waals surface area contributed by atoms with Crippen LogP contribution < -0.4 is 19.7 Å². The molecule has 1 heterocycles. The number of alkyl halides is 2. The van der Waals surface area contributed by atoms with Crippen molar-refractivity contribution in [2.24, 2.45) is 11.8 Å². The molecular formula is C23H22Br2N2O5. The van der Waals surface area contributed by atoms with Gasteiger partial charge in [0.15, 0.2) is 0 Å². The van der Waals surface area contributed by atoms with E-state index in [0.29, 0.717) is 41.3 Å². The molecule has 3 amide bonds. The first-order valence-corrected chi connectivity index (χ1v) is 12.0. The second kappa shape index (κ2) is 9.23. The number of methoxy groups -OCH3 is 2. The van der Waals surface area contributed by atoms with E-state index in [4.69, 9.17) is 9.47 Å². The van der Waals surface area contributed by atoms with E-state index in [2.05, 4.69) is 37.2 Å². The predicted molar refractivity (Wildman–Crippen MR) is 128 cm³/mol. The van der Waals surface area contributed by atoms with E-state index in [-0.39, 0.29) is 39.2 Å². The minimum absolute atomic E-state index is 0.154. The number of amides is 3. The summed E-state index contributed by atoms with van der Waals surface area (Å²) < 4.78 is 10.5. The number of hydrogen-bond acceptors (Lipinski definition) is 5. The monoisotopic (exact) mass is 564 g/mol. The van der Waals surface area contributed by atoms with Gasteiger partial charge in [0.05, 0.1) is 37.4 Å². The SMILES string of the molecule is COc1ccc(NC(=O)c2ccc(N3C(=O)[C@H]4C[C@H](Br)[C@@H](Br)C[C@H]4C3=O)cc2)c(OC)c1. The standard InChI is InChI=1S/C23H22Br2N2O5/c1-31-14-7-8-19(20(9-14)32-2)26-21(28)12-3-5-13(6-4-12)27-22(29)15-10-17(24)18(25)11-16(15)23(27)30/h3-9,15-18H,10-11H2,1-2H3,(H,26,28)/t15-,16+,17-,18-/m0/s1. The molecule has 9 heteroatoms. The van der Waals surface area contributed by atoms with Gasteiger partial charge in [-0.1, -0.05) is 31.9 Å². The Hall–Kier alpha value is -2.39. The molecule has 0 bridgehead atoms. The molecule has 0 aromatic heterocycles. The Labute approximate surface area is 202 Å². The van der Waals surface area contributed by atoms with Crippen LogP contribution in [0.1, 0.15) is 23.2 Å². The maximum Gasteiger partial charge on any atom is 0.255 e. The number of hydrogen-bond donors (Lipinski definition) is 1. The predicted octanol–water partition coefficient (Wildman–Crippen LogP) is 4.38. The van der Waals surface area contributed by atoms with E-state index in [1.165, 1.54) is 12.0 Å². The van der Waals surface area contributed by atoms with Crippen LogP contribution in [0, 0.1) is 11.8 Å². The average Bonchev–Trinajstić information content (AvgIpc) is 3.03. The summed E-state index contributed by atoms with van der Waals surface area (Å²) in [6.07, 6.45) is 1.23. The molecule has 168 valence electrons. The minimum Gasteiger partial charge on any atom is -0.497 e. The van der Waals surface area contributed by atoms with Crippen molar-refractivity contribution in [3.05, 3.63) is 48.0 Å². The highest BCUT2D eigenvalue weighted by molar-refractivity contribution is 9.12. The molecule has 2 aromatic carbocycles. The number of rotatable bonds is 5. The fourth-order valence-electron chi connectivity index (χ4n) is 4.21. The largest absolute Gasteiger partial charge is 0.497 e. The van der Waals surface area contributed by atoms with Gasteiger partial charge in [-0.25, -0.2) is 0 Å². The first-order chi connectivity index (χ1) is 15.3. The van der Waals surface area contributed by atoms with Gasteiger partial charge in [-0.3, -0.25) is 19.3 Å². The van der Waals surface area contributed by atoms with Crippen LogP contribution in [0.5, 0.6) is 11.5 Å². The zero-order valence-electron chi connectivity index (χ0n) is 17.5. The lowest BCUT2D eigenvalue weighted by atomic mass is 9.81. The summed E-state index contributed by atoms with van der Waals surface area (Å²) >= 11 is 7.19. The molecule has 32 heavy (non-hydrogen) atoms. The van der Waals surface area contributed by atoms with Crippen molar-refractivity contribution in [3.8, 4) is 11.5 Å². The molecule has 4 rings (SSSR count). The van der Waals surface area contributed by atoms with Gasteiger partial charge in [0.2, 0.25) is 11.8 Å². The zero-order valence-corrected chi connectivity index (χ0v) is 20.7. The number of anilines is 2. The molecule has 2 aliphatic rings. The first-order valence-electron chi connectivity index (χ1n) is 10.1. The van der Waals surface area contributed by atoms with Crippen LogP contribution in [0.25, 0.3) is 0 Å². The summed E-state index contributed by atoms with van der Waals surface area (Å²) in [5.74, 6) is -0.231. The summed E-state index contributed by atoms with van der Waals surface area (Å²) in [4.78, 5) is 40.2. The summed E-state index contributed by atoms with van der Waals surface area (Å²) in [6, 6.07) is 11.6. The molecule has 7 nitrogen and oxygen atoms in total. The first kappa shape index (κ1) is 22.8. The third kappa shape index (κ3) is 4.15. The summed E-state index contributed by atoms with van der Waals surface area (Å²) in [7, 11) is 3.06. The van der Waals surface area contributed by atoms with E-state index in [9.17, 15) is 14.4 Å². The Bertz CT molecular complexity index is 1030. The topological polar surface area (TPSA) is 84.9 Å². The van der Waals surface area contributed by atoms with E-state index < -0.39 is 0 Å². The summed E-state index contributed by atoms with van der Waals surface area (Å²) in [6.45, 7) is 0. The van der Waals surface area contributed by atoms with Crippen molar-refractivity contribution < 1.29 is 23.9 Å². The van der Waals surface area contributed by atoms with Crippen LogP contribution >= 0.6 is 31.9 Å². The molecule has 0 unspecified atom stereocenters. The quantitative estimate of drug-likeness (QED) is 0.429. The highest BCUT2D eigenvalue weighted by Gasteiger charge is 2.52. The fourth-order valence-corrected chi connectivity index (χ4v) is 5.44. The molecule has 4 atom stereocenters. The molecule has 1 N–H and O–H groups in total. The Balaban J connectivity index is 1.50. The molecule has 2 fully saturated rings. The van der Waals surface area contributed by atoms with Gasteiger partial charge in [0.1, 0.15) is 11.5 Å². The maximum atomic E-state index is 13.0. The molecule has 1 saturated heterocycles. The highest BCUT2D eigenvalue weighted by Crippen LogP contribution is 2.44. The molecule has 1 saturated carbocycles. The summed E-state index contributed by atoms with van der Waals surface area (Å²) in [5.41, 5.74) is 1.37. The Morgan fingerprint density at radius 2 is 1.53 bits per heavy atom. The summed E-state index contributed by atoms with van der Waals surface area (Å²) in [5, 5.41) is 2.81. The molecule has 0 spiro atoms. The van der Waals surface area contributed by atoms with Gasteiger partial charge < -0.3 is 14.8 Å². The van der Waals surface area contributed by atoms with Crippen LogP contribution in [0.2, 0.25) is 0 Å². The van der Waals surface area contributed by atoms with Crippen LogP contribution in [0.15, 0.2) is 42.5 Å². The van der Waals surface area contributed by atoms with E-state index in [1.54, 1.807) is 49.6 Å². The van der Waals surface area contributed by atoms with Crippen LogP contribution in [0.4, 0.5) is 11.4 Å². The third-order valence-electron chi connectivity index (χ3n) is 5.96. The number of imide groups is 1. The molecular weight excluding hydrogens is 544 g/mol. The van der Waals surface area contributed by atoms with Gasteiger partial charge in [0, 0.05) is 21.3 Å². The lowest BCUT2D eigenvalue weighted by molar-refractivity contribution is -0.122. The van der Waals surface area contributed by atoms with Crippen LogP contribution in [-0.4, -0.2) is 41.6 Å². The van der Waals surface area contributed by atoms with Crippen molar-refractivity contribution in [1.29, 1.82) is 0 Å². The van der Waals surface area contributed by atoms with Gasteiger partial charge in [0.25, 0.3) is 5.91 Å². The number of benzene rings is 2. The number of nitrogens with zero attached hydrogens (tertiary/aromatic N) is 1. The highest BCUT2D eigenvalue weighted by atomic mass is 79.9. The smallest absolute Gasteiger partial charge is 0.255 e. The maximum absolute atomic E-state index is 13.0. The van der Waals surface area contributed by atoms with Gasteiger partial charge in [-0.05, 0) is 49.2 Å². The van der Waals surface area contributed by atoms with Crippen molar-refractivity contribution in [2.45, 2.75) is 22.5 Å². The van der Waals surface area contributed by atoms with Gasteiger partial charge >= 0.3 is 0 Å². The third-order valence-corrected chi connectivity index (χ3v) is 8.69. The average molecular weight is 566 g/mol. The van der Waals surface area contributed by atoms with Crippen molar-refractivity contribution in [2.75, 3.05) is 24.4 Å². The number of ether oxygens (including phenoxy) is 2. The number of halogens is 2. The second-order valence-electron chi connectivity index (χ2n) is 7.80. The lowest BCUT2D eigenvalue weighted by Gasteiger charge is -2.29. The molecule has 0 radical (unpaired) electrons. The Morgan fingerprint density at radius 1 is 0.938 bits per heavy atom. The molecule has 2 aromatic rings. The number of fused-ring (bicyclic) bond motifs is 1. The van der Waals surface area contributed by atoms with Gasteiger partial charge in [-0.2, -0.15) is 0 Å². The van der Waals surface area contributed by atoms with Crippen molar-refractivity contribution >= 4 is 61.0 Å². The fraction of sp³-hybridized carbons (Fsp3) is 0.348.